The highest BCUT2D eigenvalue weighted by atomic mass is 16.6. The Labute approximate surface area is 188 Å². The van der Waals surface area contributed by atoms with Crippen molar-refractivity contribution < 1.29 is 14.3 Å². The molecule has 0 spiro atoms. The molecule has 4 aromatic rings. The molecule has 32 heavy (non-hydrogen) atoms. The average molecular weight is 427 g/mol. The molecule has 5 heteroatoms. The van der Waals surface area contributed by atoms with Crippen LogP contribution >= 0.6 is 0 Å². The number of carbonyl (C=O) groups is 1. The number of imidazole rings is 1. The van der Waals surface area contributed by atoms with Crippen molar-refractivity contribution in [2.24, 2.45) is 0 Å². The fraction of sp³-hybridized carbons (Fsp3) is 0.185. The minimum atomic E-state index is -0.743. The van der Waals surface area contributed by atoms with Crippen LogP contribution in [0.3, 0.4) is 0 Å². The lowest BCUT2D eigenvalue weighted by molar-refractivity contribution is -0.151. The summed E-state index contributed by atoms with van der Waals surface area (Å²) < 4.78 is 13.4. The van der Waals surface area contributed by atoms with Gasteiger partial charge >= 0.3 is 12.0 Å². The van der Waals surface area contributed by atoms with Gasteiger partial charge in [-0.2, -0.15) is 4.98 Å². The number of hydrogen-bond donors (Lipinski definition) is 0. The molecule has 0 fully saturated rings. The minimum absolute atomic E-state index is 0.302. The summed E-state index contributed by atoms with van der Waals surface area (Å²) in [5, 5.41) is 0. The topological polar surface area (TPSA) is 53.4 Å². The SMILES string of the molecule is CCOC(=O)C(CC)Oc1nc(-c2ccccc2)c(-c2ccccc2)n1-c1ccccc1. The van der Waals surface area contributed by atoms with Crippen molar-refractivity contribution >= 4 is 5.97 Å². The largest absolute Gasteiger partial charge is 0.463 e. The Kier molecular flexibility index (Phi) is 6.66. The van der Waals surface area contributed by atoms with Crippen molar-refractivity contribution in [3.8, 4) is 34.2 Å². The second kappa shape index (κ2) is 9.96. The number of carbonyl (C=O) groups excluding carboxylic acids is 1. The molecule has 0 aliphatic carbocycles. The van der Waals surface area contributed by atoms with Crippen LogP contribution in [0.2, 0.25) is 0 Å². The third-order valence-corrected chi connectivity index (χ3v) is 5.12. The number of nitrogens with zero attached hydrogens (tertiary/aromatic N) is 2. The maximum absolute atomic E-state index is 12.5. The number of esters is 1. The molecule has 4 rings (SSSR count). The number of hydrogen-bond acceptors (Lipinski definition) is 4. The third-order valence-electron chi connectivity index (χ3n) is 5.12. The maximum Gasteiger partial charge on any atom is 0.347 e. The van der Waals surface area contributed by atoms with Crippen LogP contribution in [0.1, 0.15) is 20.3 Å². The molecule has 162 valence electrons. The van der Waals surface area contributed by atoms with E-state index in [4.69, 9.17) is 14.5 Å². The quantitative estimate of drug-likeness (QED) is 0.328. The number of ether oxygens (including phenoxy) is 2. The van der Waals surface area contributed by atoms with Gasteiger partial charge in [-0.05, 0) is 25.5 Å². The Hall–Kier alpha value is -3.86. The first-order chi connectivity index (χ1) is 15.7. The summed E-state index contributed by atoms with van der Waals surface area (Å²) in [5.41, 5.74) is 4.55. The Morgan fingerprint density at radius 3 is 1.97 bits per heavy atom. The summed E-state index contributed by atoms with van der Waals surface area (Å²) in [4.78, 5) is 17.4. The monoisotopic (exact) mass is 426 g/mol. The van der Waals surface area contributed by atoms with Crippen molar-refractivity contribution in [1.82, 2.24) is 9.55 Å². The normalized spacial score (nSPS) is 11.7. The van der Waals surface area contributed by atoms with Gasteiger partial charge in [-0.25, -0.2) is 4.79 Å². The zero-order chi connectivity index (χ0) is 22.3. The van der Waals surface area contributed by atoms with E-state index in [0.29, 0.717) is 19.0 Å². The summed E-state index contributed by atoms with van der Waals surface area (Å²) >= 11 is 0. The van der Waals surface area contributed by atoms with Crippen molar-refractivity contribution in [3.05, 3.63) is 91.0 Å². The van der Waals surface area contributed by atoms with Gasteiger partial charge in [0.2, 0.25) is 0 Å². The number of para-hydroxylation sites is 1. The molecule has 0 saturated heterocycles. The molecule has 1 heterocycles. The number of benzene rings is 3. The predicted octanol–water partition coefficient (Wildman–Crippen LogP) is 5.93. The van der Waals surface area contributed by atoms with E-state index in [1.165, 1.54) is 0 Å². The van der Waals surface area contributed by atoms with Crippen molar-refractivity contribution in [2.75, 3.05) is 6.61 Å². The first kappa shape index (κ1) is 21.4. The van der Waals surface area contributed by atoms with Crippen molar-refractivity contribution in [1.29, 1.82) is 0 Å². The molecule has 0 radical (unpaired) electrons. The minimum Gasteiger partial charge on any atom is -0.463 e. The standard InChI is InChI=1S/C27H26N2O3/c1-3-23(26(30)31-4-2)32-27-28-24(20-14-8-5-9-15-20)25(21-16-10-6-11-17-21)29(27)22-18-12-7-13-19-22/h5-19,23H,3-4H2,1-2H3. The van der Waals surface area contributed by atoms with Crippen LogP contribution in [0.4, 0.5) is 0 Å². The molecule has 0 saturated carbocycles. The Bertz CT molecular complexity index is 1160. The lowest BCUT2D eigenvalue weighted by atomic mass is 10.0. The molecule has 0 N–H and O–H groups in total. The van der Waals surface area contributed by atoms with Gasteiger partial charge in [0, 0.05) is 11.1 Å². The van der Waals surface area contributed by atoms with E-state index in [9.17, 15) is 4.79 Å². The zero-order valence-electron chi connectivity index (χ0n) is 18.3. The van der Waals surface area contributed by atoms with Gasteiger partial charge in [0.05, 0.1) is 18.0 Å². The average Bonchev–Trinajstić information content (AvgIpc) is 3.23. The van der Waals surface area contributed by atoms with Crippen LogP contribution in [-0.4, -0.2) is 28.2 Å². The summed E-state index contributed by atoms with van der Waals surface area (Å²) in [6.45, 7) is 3.99. The molecule has 3 aromatic carbocycles. The highest BCUT2D eigenvalue weighted by molar-refractivity contribution is 5.81. The van der Waals surface area contributed by atoms with E-state index in [2.05, 4.69) is 12.1 Å². The number of rotatable bonds is 8. The fourth-order valence-electron chi connectivity index (χ4n) is 3.62. The molecule has 1 atom stereocenters. The van der Waals surface area contributed by atoms with Gasteiger partial charge in [-0.1, -0.05) is 85.8 Å². The highest BCUT2D eigenvalue weighted by Crippen LogP contribution is 2.38. The van der Waals surface area contributed by atoms with E-state index in [1.54, 1.807) is 6.92 Å². The first-order valence-corrected chi connectivity index (χ1v) is 10.8. The highest BCUT2D eigenvalue weighted by Gasteiger charge is 2.27. The third kappa shape index (κ3) is 4.42. The van der Waals surface area contributed by atoms with Crippen LogP contribution in [0.5, 0.6) is 6.01 Å². The van der Waals surface area contributed by atoms with Crippen LogP contribution in [-0.2, 0) is 9.53 Å². The van der Waals surface area contributed by atoms with Gasteiger partial charge < -0.3 is 9.47 Å². The van der Waals surface area contributed by atoms with E-state index in [0.717, 1.165) is 28.2 Å². The van der Waals surface area contributed by atoms with Gasteiger partial charge in [-0.15, -0.1) is 0 Å². The van der Waals surface area contributed by atoms with Crippen LogP contribution in [0.15, 0.2) is 91.0 Å². The Morgan fingerprint density at radius 1 is 0.844 bits per heavy atom. The van der Waals surface area contributed by atoms with Crippen LogP contribution in [0, 0.1) is 0 Å². The van der Waals surface area contributed by atoms with Crippen molar-refractivity contribution in [3.63, 3.8) is 0 Å². The van der Waals surface area contributed by atoms with Crippen molar-refractivity contribution in [2.45, 2.75) is 26.4 Å². The fourth-order valence-corrected chi connectivity index (χ4v) is 3.62. The predicted molar refractivity (Wildman–Crippen MR) is 126 cm³/mol. The lowest BCUT2D eigenvalue weighted by Gasteiger charge is -2.17. The summed E-state index contributed by atoms with van der Waals surface area (Å²) in [5.74, 6) is -0.389. The maximum atomic E-state index is 12.5. The molecule has 1 unspecified atom stereocenters. The molecule has 0 bridgehead atoms. The lowest BCUT2D eigenvalue weighted by Crippen LogP contribution is -2.29. The van der Waals surface area contributed by atoms with Gasteiger partial charge in [0.1, 0.15) is 5.69 Å². The van der Waals surface area contributed by atoms with Gasteiger partial charge in [-0.3, -0.25) is 4.57 Å². The van der Waals surface area contributed by atoms with E-state index < -0.39 is 6.10 Å². The Morgan fingerprint density at radius 2 is 1.41 bits per heavy atom. The molecule has 0 amide bonds. The second-order valence-corrected chi connectivity index (χ2v) is 7.26. The van der Waals surface area contributed by atoms with Crippen LogP contribution in [0.25, 0.3) is 28.2 Å². The van der Waals surface area contributed by atoms with Gasteiger partial charge in [0.15, 0.2) is 6.10 Å². The molecule has 0 aliphatic heterocycles. The second-order valence-electron chi connectivity index (χ2n) is 7.26. The smallest absolute Gasteiger partial charge is 0.347 e. The van der Waals surface area contributed by atoms with E-state index in [1.807, 2.05) is 90.4 Å². The summed E-state index contributed by atoms with van der Waals surface area (Å²) in [6.07, 6.45) is -0.269. The summed E-state index contributed by atoms with van der Waals surface area (Å²) in [7, 11) is 0. The van der Waals surface area contributed by atoms with Crippen LogP contribution < -0.4 is 4.74 Å². The molecule has 1 aromatic heterocycles. The molecule has 0 aliphatic rings. The molecular weight excluding hydrogens is 400 g/mol. The van der Waals surface area contributed by atoms with E-state index >= 15 is 0 Å². The summed E-state index contributed by atoms with van der Waals surface area (Å²) in [6, 6.07) is 30.4. The molecule has 5 nitrogen and oxygen atoms in total. The molecular formula is C27H26N2O3. The number of aromatic nitrogens is 2. The van der Waals surface area contributed by atoms with Gasteiger partial charge in [0.25, 0.3) is 0 Å². The first-order valence-electron chi connectivity index (χ1n) is 10.8. The zero-order valence-corrected chi connectivity index (χ0v) is 18.3. The Balaban J connectivity index is 1.95. The van der Waals surface area contributed by atoms with E-state index in [-0.39, 0.29) is 5.97 Å².